The van der Waals surface area contributed by atoms with Gasteiger partial charge in [-0.25, -0.2) is 4.90 Å². The topological polar surface area (TPSA) is 102 Å². The molecule has 2 aliphatic rings. The summed E-state index contributed by atoms with van der Waals surface area (Å²) in [4.78, 5) is 42.6. The Bertz CT molecular complexity index is 1040. The van der Waals surface area contributed by atoms with Crippen LogP contribution in [-0.2, 0) is 14.4 Å². The number of oxime groups is 1. The highest BCUT2D eigenvalue weighted by molar-refractivity contribution is 6.25. The molecule has 0 saturated carbocycles. The van der Waals surface area contributed by atoms with Crippen LogP contribution in [-0.4, -0.2) is 28.1 Å². The fourth-order valence-corrected chi connectivity index (χ4v) is 3.46. The number of aryl methyl sites for hydroxylation is 2. The van der Waals surface area contributed by atoms with Crippen LogP contribution in [0.5, 0.6) is 0 Å². The number of hydrogen-bond acceptors (Lipinski definition) is 6. The lowest BCUT2D eigenvalue weighted by Crippen LogP contribution is -2.40. The largest absolute Gasteiger partial charge is 0.378 e. The molecule has 142 valence electrons. The second-order valence-corrected chi connectivity index (χ2v) is 7.08. The van der Waals surface area contributed by atoms with Crippen molar-refractivity contribution in [3.8, 4) is 0 Å². The third-order valence-corrected chi connectivity index (χ3v) is 5.22. The predicted molar refractivity (Wildman–Crippen MR) is 101 cm³/mol. The molecule has 2 aliphatic heterocycles. The molecule has 28 heavy (non-hydrogen) atoms. The van der Waals surface area contributed by atoms with Gasteiger partial charge in [0.15, 0.2) is 0 Å². The van der Waals surface area contributed by atoms with Crippen LogP contribution in [0.2, 0.25) is 0 Å². The molecule has 2 amide bonds. The lowest BCUT2D eigenvalue weighted by molar-refractivity contribution is -0.384. The Morgan fingerprint density at radius 2 is 1.79 bits per heavy atom. The molecule has 2 aromatic carbocycles. The van der Waals surface area contributed by atoms with Gasteiger partial charge in [-0.1, -0.05) is 11.2 Å². The highest BCUT2D eigenvalue weighted by Crippen LogP contribution is 2.39. The quantitative estimate of drug-likeness (QED) is 0.463. The zero-order valence-corrected chi connectivity index (χ0v) is 15.3. The number of rotatable bonds is 3. The first-order valence-corrected chi connectivity index (χ1v) is 8.75. The van der Waals surface area contributed by atoms with Gasteiger partial charge in [-0.3, -0.25) is 19.7 Å². The van der Waals surface area contributed by atoms with E-state index in [0.29, 0.717) is 17.0 Å². The third-order valence-electron chi connectivity index (χ3n) is 5.22. The van der Waals surface area contributed by atoms with Crippen molar-refractivity contribution in [1.29, 1.82) is 0 Å². The Morgan fingerprint density at radius 3 is 2.43 bits per heavy atom. The van der Waals surface area contributed by atoms with E-state index in [1.165, 1.54) is 12.1 Å². The van der Waals surface area contributed by atoms with Gasteiger partial charge in [-0.2, -0.15) is 0 Å². The van der Waals surface area contributed by atoms with Gasteiger partial charge >= 0.3 is 0 Å². The SMILES string of the molecule is Cc1ccc(N2C(=O)CC3(CC(c4ccc([N+](=O)[O-])cc4)=NO3)C2=O)cc1C. The number of imide groups is 1. The molecule has 1 saturated heterocycles. The molecular weight excluding hydrogens is 362 g/mol. The molecule has 4 rings (SSSR count). The molecule has 1 fully saturated rings. The van der Waals surface area contributed by atoms with Crippen LogP contribution < -0.4 is 4.90 Å². The number of carbonyl (C=O) groups is 2. The Hall–Kier alpha value is -3.55. The minimum atomic E-state index is -1.35. The van der Waals surface area contributed by atoms with E-state index in [0.717, 1.165) is 16.0 Å². The van der Waals surface area contributed by atoms with Crippen molar-refractivity contribution in [2.75, 3.05) is 4.90 Å². The number of nitrogens with zero attached hydrogens (tertiary/aromatic N) is 3. The number of nitro benzene ring substituents is 1. The molecule has 1 atom stereocenters. The van der Waals surface area contributed by atoms with Gasteiger partial charge in [0.05, 0.1) is 22.7 Å². The van der Waals surface area contributed by atoms with Gasteiger partial charge in [0.2, 0.25) is 11.5 Å². The Labute approximate surface area is 160 Å². The van der Waals surface area contributed by atoms with Crippen molar-refractivity contribution >= 4 is 28.9 Å². The number of benzene rings is 2. The monoisotopic (exact) mass is 379 g/mol. The smallest absolute Gasteiger partial charge is 0.281 e. The molecule has 0 bridgehead atoms. The van der Waals surface area contributed by atoms with E-state index in [1.807, 2.05) is 19.9 Å². The Kier molecular flexibility index (Phi) is 3.99. The predicted octanol–water partition coefficient (Wildman–Crippen LogP) is 3.04. The second kappa shape index (κ2) is 6.26. The standard InChI is InChI=1S/C20H17N3O5/c1-12-3-6-16(9-13(12)2)22-18(24)11-20(19(22)25)10-17(21-28-20)14-4-7-15(8-5-14)23(26)27/h3-9H,10-11H2,1-2H3. The van der Waals surface area contributed by atoms with Gasteiger partial charge in [0.25, 0.3) is 11.6 Å². The maximum absolute atomic E-state index is 13.1. The summed E-state index contributed by atoms with van der Waals surface area (Å²) in [5.74, 6) is -0.783. The molecule has 8 nitrogen and oxygen atoms in total. The molecule has 0 aliphatic carbocycles. The minimum Gasteiger partial charge on any atom is -0.378 e. The third kappa shape index (κ3) is 2.74. The van der Waals surface area contributed by atoms with Crippen LogP contribution in [0.25, 0.3) is 0 Å². The van der Waals surface area contributed by atoms with Crippen molar-refractivity contribution < 1.29 is 19.3 Å². The van der Waals surface area contributed by atoms with Crippen molar-refractivity contribution in [2.45, 2.75) is 32.3 Å². The molecule has 2 aromatic rings. The van der Waals surface area contributed by atoms with Gasteiger partial charge in [0.1, 0.15) is 0 Å². The summed E-state index contributed by atoms with van der Waals surface area (Å²) in [6.45, 7) is 3.88. The highest BCUT2D eigenvalue weighted by atomic mass is 16.7. The zero-order valence-electron chi connectivity index (χ0n) is 15.3. The summed E-state index contributed by atoms with van der Waals surface area (Å²) < 4.78 is 0. The fraction of sp³-hybridized carbons (Fsp3) is 0.250. The number of amides is 2. The van der Waals surface area contributed by atoms with Gasteiger partial charge in [0, 0.05) is 18.6 Å². The van der Waals surface area contributed by atoms with Crippen LogP contribution in [0, 0.1) is 24.0 Å². The van der Waals surface area contributed by atoms with E-state index in [1.54, 1.807) is 24.3 Å². The van der Waals surface area contributed by atoms with Crippen molar-refractivity contribution in [2.24, 2.45) is 5.16 Å². The summed E-state index contributed by atoms with van der Waals surface area (Å²) in [5, 5.41) is 14.8. The van der Waals surface area contributed by atoms with Crippen LogP contribution in [0.3, 0.4) is 0 Å². The molecule has 0 N–H and O–H groups in total. The number of non-ortho nitro benzene ring substituents is 1. The first-order valence-electron chi connectivity index (χ1n) is 8.75. The second-order valence-electron chi connectivity index (χ2n) is 7.08. The minimum absolute atomic E-state index is 0.0361. The van der Waals surface area contributed by atoms with Crippen LogP contribution in [0.15, 0.2) is 47.6 Å². The Morgan fingerprint density at radius 1 is 1.07 bits per heavy atom. The van der Waals surface area contributed by atoms with Crippen LogP contribution in [0.4, 0.5) is 11.4 Å². The molecule has 1 unspecified atom stereocenters. The fourth-order valence-electron chi connectivity index (χ4n) is 3.46. The normalized spacial score (nSPS) is 21.2. The summed E-state index contributed by atoms with van der Waals surface area (Å²) in [6, 6.07) is 11.3. The molecule has 8 heteroatoms. The van der Waals surface area contributed by atoms with E-state index in [-0.39, 0.29) is 24.4 Å². The van der Waals surface area contributed by atoms with Crippen molar-refractivity contribution in [3.05, 3.63) is 69.3 Å². The van der Waals surface area contributed by atoms with Crippen LogP contribution in [0.1, 0.15) is 29.5 Å². The first kappa shape index (κ1) is 17.8. The Balaban J connectivity index is 1.58. The van der Waals surface area contributed by atoms with E-state index in [4.69, 9.17) is 4.84 Å². The van der Waals surface area contributed by atoms with Gasteiger partial charge < -0.3 is 4.84 Å². The summed E-state index contributed by atoms with van der Waals surface area (Å²) >= 11 is 0. The van der Waals surface area contributed by atoms with E-state index in [9.17, 15) is 19.7 Å². The van der Waals surface area contributed by atoms with Crippen molar-refractivity contribution in [1.82, 2.24) is 0 Å². The van der Waals surface area contributed by atoms with Gasteiger partial charge in [-0.05, 0) is 54.8 Å². The maximum atomic E-state index is 13.1. The number of carbonyl (C=O) groups excluding carboxylic acids is 2. The number of nitro groups is 1. The van der Waals surface area contributed by atoms with E-state index < -0.39 is 16.4 Å². The number of hydrogen-bond donors (Lipinski definition) is 0. The highest BCUT2D eigenvalue weighted by Gasteiger charge is 2.58. The summed E-state index contributed by atoms with van der Waals surface area (Å²) in [6.07, 6.45) is 0.0372. The summed E-state index contributed by atoms with van der Waals surface area (Å²) in [7, 11) is 0. The average molecular weight is 379 g/mol. The lowest BCUT2D eigenvalue weighted by atomic mass is 9.92. The molecular formula is C20H17N3O5. The molecule has 1 spiro atoms. The van der Waals surface area contributed by atoms with Gasteiger partial charge in [-0.15, -0.1) is 0 Å². The van der Waals surface area contributed by atoms with E-state index in [2.05, 4.69) is 5.16 Å². The van der Waals surface area contributed by atoms with Crippen LogP contribution >= 0.6 is 0 Å². The summed E-state index contributed by atoms with van der Waals surface area (Å²) in [5.41, 5.74) is 2.28. The molecule has 0 aromatic heterocycles. The average Bonchev–Trinajstić information content (AvgIpc) is 3.19. The molecule has 0 radical (unpaired) electrons. The maximum Gasteiger partial charge on any atom is 0.281 e. The lowest BCUT2D eigenvalue weighted by Gasteiger charge is -2.20. The first-order chi connectivity index (χ1) is 13.3. The van der Waals surface area contributed by atoms with E-state index >= 15 is 0 Å². The number of anilines is 1. The molecule has 2 heterocycles. The van der Waals surface area contributed by atoms with Crippen molar-refractivity contribution in [3.63, 3.8) is 0 Å². The zero-order chi connectivity index (χ0) is 20.1.